The summed E-state index contributed by atoms with van der Waals surface area (Å²) in [6, 6.07) is 18.2. The van der Waals surface area contributed by atoms with Crippen molar-refractivity contribution in [2.45, 2.75) is 13.5 Å². The van der Waals surface area contributed by atoms with Gasteiger partial charge >= 0.3 is 0 Å². The Morgan fingerprint density at radius 2 is 1.88 bits per heavy atom. The lowest BCUT2D eigenvalue weighted by molar-refractivity contribution is 0.0954. The fourth-order valence-corrected chi connectivity index (χ4v) is 3.54. The number of rotatable bonds is 9. The molecule has 0 unspecified atom stereocenters. The molecule has 166 valence electrons. The SMILES string of the molecule is CCOc1cc(/C=N\NC(=O)c2ccc(I)c(OC)c2)ccc1OCc1ccccc1Cl. The van der Waals surface area contributed by atoms with Crippen LogP contribution in [-0.4, -0.2) is 25.8 Å². The van der Waals surface area contributed by atoms with Crippen molar-refractivity contribution in [3.05, 3.63) is 85.9 Å². The van der Waals surface area contributed by atoms with E-state index in [0.29, 0.717) is 41.0 Å². The van der Waals surface area contributed by atoms with Gasteiger partial charge in [0.25, 0.3) is 5.91 Å². The van der Waals surface area contributed by atoms with Crippen LogP contribution in [0.3, 0.4) is 0 Å². The molecule has 1 amide bonds. The van der Waals surface area contributed by atoms with Gasteiger partial charge < -0.3 is 14.2 Å². The highest BCUT2D eigenvalue weighted by Gasteiger charge is 2.10. The van der Waals surface area contributed by atoms with Gasteiger partial charge in [0.15, 0.2) is 11.5 Å². The van der Waals surface area contributed by atoms with Gasteiger partial charge in [-0.3, -0.25) is 4.79 Å². The summed E-state index contributed by atoms with van der Waals surface area (Å²) < 4.78 is 17.8. The minimum atomic E-state index is -0.333. The molecule has 0 aliphatic carbocycles. The summed E-state index contributed by atoms with van der Waals surface area (Å²) in [6.45, 7) is 2.70. The summed E-state index contributed by atoms with van der Waals surface area (Å²) in [7, 11) is 1.56. The third-order valence-corrected chi connectivity index (χ3v) is 5.66. The molecule has 0 saturated heterocycles. The Balaban J connectivity index is 1.67. The number of nitrogens with one attached hydrogen (secondary N) is 1. The van der Waals surface area contributed by atoms with Crippen molar-refractivity contribution >= 4 is 46.3 Å². The van der Waals surface area contributed by atoms with Crippen LogP contribution in [0.4, 0.5) is 0 Å². The minimum Gasteiger partial charge on any atom is -0.496 e. The van der Waals surface area contributed by atoms with Gasteiger partial charge in [0.2, 0.25) is 0 Å². The van der Waals surface area contributed by atoms with E-state index >= 15 is 0 Å². The van der Waals surface area contributed by atoms with Crippen LogP contribution < -0.4 is 19.6 Å². The summed E-state index contributed by atoms with van der Waals surface area (Å²) in [5, 5.41) is 4.70. The van der Waals surface area contributed by atoms with E-state index in [1.54, 1.807) is 37.6 Å². The summed E-state index contributed by atoms with van der Waals surface area (Å²) in [6.07, 6.45) is 1.54. The Labute approximate surface area is 205 Å². The summed E-state index contributed by atoms with van der Waals surface area (Å²) in [5.74, 6) is 1.48. The smallest absolute Gasteiger partial charge is 0.271 e. The third kappa shape index (κ3) is 6.37. The van der Waals surface area contributed by atoms with Crippen LogP contribution in [0.5, 0.6) is 17.2 Å². The summed E-state index contributed by atoms with van der Waals surface area (Å²) in [5.41, 5.74) is 4.61. The molecule has 0 aliphatic heterocycles. The van der Waals surface area contributed by atoms with Gasteiger partial charge in [-0.05, 0) is 77.5 Å². The number of hydrazone groups is 1. The maximum absolute atomic E-state index is 12.3. The standard InChI is InChI=1S/C24H22ClIN2O4/c1-3-31-23-12-16(8-11-21(23)32-15-18-6-4-5-7-19(18)25)14-27-28-24(29)17-9-10-20(26)22(13-17)30-2/h4-14H,3,15H2,1-2H3,(H,28,29)/b27-14-. The third-order valence-electron chi connectivity index (χ3n) is 4.40. The molecule has 6 nitrogen and oxygen atoms in total. The predicted octanol–water partition coefficient (Wildman–Crippen LogP) is 5.69. The number of amides is 1. The molecule has 0 bridgehead atoms. The average molecular weight is 565 g/mol. The van der Waals surface area contributed by atoms with Crippen molar-refractivity contribution in [3.63, 3.8) is 0 Å². The van der Waals surface area contributed by atoms with Crippen molar-refractivity contribution in [2.75, 3.05) is 13.7 Å². The lowest BCUT2D eigenvalue weighted by Crippen LogP contribution is -2.17. The van der Waals surface area contributed by atoms with Gasteiger partial charge in [0, 0.05) is 16.1 Å². The molecule has 0 fully saturated rings. The second-order valence-electron chi connectivity index (χ2n) is 6.57. The molecular weight excluding hydrogens is 543 g/mol. The number of benzene rings is 3. The molecule has 0 aliphatic rings. The molecule has 0 saturated carbocycles. The maximum Gasteiger partial charge on any atom is 0.271 e. The van der Waals surface area contributed by atoms with E-state index in [1.807, 2.05) is 43.3 Å². The Hall–Kier alpha value is -2.78. The molecule has 32 heavy (non-hydrogen) atoms. The van der Waals surface area contributed by atoms with Crippen LogP contribution in [0.25, 0.3) is 0 Å². The molecule has 0 atom stereocenters. The van der Waals surface area contributed by atoms with E-state index in [0.717, 1.165) is 14.7 Å². The van der Waals surface area contributed by atoms with E-state index < -0.39 is 0 Å². The zero-order chi connectivity index (χ0) is 22.9. The monoisotopic (exact) mass is 564 g/mol. The lowest BCUT2D eigenvalue weighted by Gasteiger charge is -2.13. The molecule has 0 heterocycles. The van der Waals surface area contributed by atoms with E-state index in [9.17, 15) is 4.79 Å². The summed E-state index contributed by atoms with van der Waals surface area (Å²) >= 11 is 8.34. The van der Waals surface area contributed by atoms with Gasteiger partial charge in [-0.25, -0.2) is 5.43 Å². The van der Waals surface area contributed by atoms with Crippen LogP contribution in [0, 0.1) is 3.57 Å². The second-order valence-corrected chi connectivity index (χ2v) is 8.14. The Morgan fingerprint density at radius 3 is 2.62 bits per heavy atom. The predicted molar refractivity (Wildman–Crippen MR) is 134 cm³/mol. The molecule has 3 aromatic carbocycles. The first-order chi connectivity index (χ1) is 15.5. The van der Waals surface area contributed by atoms with E-state index in [-0.39, 0.29) is 5.91 Å². The van der Waals surface area contributed by atoms with Gasteiger partial charge in [0.1, 0.15) is 12.4 Å². The number of hydrogen-bond acceptors (Lipinski definition) is 5. The summed E-state index contributed by atoms with van der Waals surface area (Å²) in [4.78, 5) is 12.3. The Morgan fingerprint density at radius 1 is 1.06 bits per heavy atom. The first-order valence-corrected chi connectivity index (χ1v) is 11.3. The zero-order valence-electron chi connectivity index (χ0n) is 17.6. The van der Waals surface area contributed by atoms with Crippen LogP contribution in [0.1, 0.15) is 28.4 Å². The molecule has 1 N–H and O–H groups in total. The molecular formula is C24H22ClIN2O4. The molecule has 0 radical (unpaired) electrons. The molecule has 0 aromatic heterocycles. The van der Waals surface area contributed by atoms with Crippen LogP contribution in [-0.2, 0) is 6.61 Å². The highest BCUT2D eigenvalue weighted by molar-refractivity contribution is 14.1. The van der Waals surface area contributed by atoms with Crippen molar-refractivity contribution in [3.8, 4) is 17.2 Å². The van der Waals surface area contributed by atoms with Crippen LogP contribution in [0.2, 0.25) is 5.02 Å². The normalized spacial score (nSPS) is 10.8. The number of ether oxygens (including phenoxy) is 3. The highest BCUT2D eigenvalue weighted by atomic mass is 127. The first kappa shape index (κ1) is 23.9. The maximum atomic E-state index is 12.3. The van der Waals surface area contributed by atoms with Crippen molar-refractivity contribution < 1.29 is 19.0 Å². The second kappa shape index (κ2) is 11.7. The van der Waals surface area contributed by atoms with Gasteiger partial charge in [-0.15, -0.1) is 0 Å². The molecule has 3 aromatic rings. The number of halogens is 2. The number of methoxy groups -OCH3 is 1. The van der Waals surface area contributed by atoms with Crippen molar-refractivity contribution in [1.82, 2.24) is 5.43 Å². The average Bonchev–Trinajstić information content (AvgIpc) is 2.80. The van der Waals surface area contributed by atoms with Gasteiger partial charge in [-0.2, -0.15) is 5.10 Å². The number of carbonyl (C=O) groups excluding carboxylic acids is 1. The fraction of sp³-hybridized carbons (Fsp3) is 0.167. The van der Waals surface area contributed by atoms with Gasteiger partial charge in [0.05, 0.1) is 23.5 Å². The number of hydrogen-bond donors (Lipinski definition) is 1. The van der Waals surface area contributed by atoms with Gasteiger partial charge in [-0.1, -0.05) is 29.8 Å². The Kier molecular flexibility index (Phi) is 8.75. The number of carbonyl (C=O) groups is 1. The van der Waals surface area contributed by atoms with E-state index in [2.05, 4.69) is 33.1 Å². The largest absolute Gasteiger partial charge is 0.496 e. The van der Waals surface area contributed by atoms with E-state index in [1.165, 1.54) is 0 Å². The topological polar surface area (TPSA) is 69.2 Å². The fourth-order valence-electron chi connectivity index (χ4n) is 2.79. The number of nitrogens with zero attached hydrogens (tertiary/aromatic N) is 1. The quantitative estimate of drug-likeness (QED) is 0.206. The molecule has 0 spiro atoms. The van der Waals surface area contributed by atoms with E-state index in [4.69, 9.17) is 25.8 Å². The highest BCUT2D eigenvalue weighted by Crippen LogP contribution is 2.29. The zero-order valence-corrected chi connectivity index (χ0v) is 20.5. The molecule has 3 rings (SSSR count). The Bertz CT molecular complexity index is 1120. The minimum absolute atomic E-state index is 0.322. The van der Waals surface area contributed by atoms with Crippen molar-refractivity contribution in [2.24, 2.45) is 5.10 Å². The van der Waals surface area contributed by atoms with Crippen molar-refractivity contribution in [1.29, 1.82) is 0 Å². The van der Waals surface area contributed by atoms with Crippen LogP contribution >= 0.6 is 34.2 Å². The first-order valence-electron chi connectivity index (χ1n) is 9.81. The van der Waals surface area contributed by atoms with Crippen LogP contribution in [0.15, 0.2) is 65.8 Å². The molecule has 8 heteroatoms. The lowest BCUT2D eigenvalue weighted by atomic mass is 10.2.